The first-order valence-electron chi connectivity index (χ1n) is 15.2. The van der Waals surface area contributed by atoms with E-state index >= 15 is 0 Å². The monoisotopic (exact) mass is 596 g/mol. The van der Waals surface area contributed by atoms with Crippen molar-refractivity contribution in [3.8, 4) is 0 Å². The van der Waals surface area contributed by atoms with Crippen molar-refractivity contribution in [1.82, 2.24) is 24.7 Å². The maximum absolute atomic E-state index is 13.3. The van der Waals surface area contributed by atoms with Gasteiger partial charge in [0.2, 0.25) is 5.91 Å². The minimum Gasteiger partial charge on any atom is -0.379 e. The van der Waals surface area contributed by atoms with Gasteiger partial charge in [-0.25, -0.2) is 0 Å². The van der Waals surface area contributed by atoms with Crippen molar-refractivity contribution >= 4 is 39.7 Å². The molecule has 0 saturated carbocycles. The van der Waals surface area contributed by atoms with Crippen molar-refractivity contribution in [2.75, 3.05) is 44.7 Å². The molecule has 2 aromatic carbocycles. The number of aryl methyl sites for hydroxylation is 1. The minimum absolute atomic E-state index is 0.0345. The summed E-state index contributed by atoms with van der Waals surface area (Å²) in [5.41, 5.74) is 5.47. The number of nitrogens with one attached hydrogen (secondary N) is 2. The highest BCUT2D eigenvalue weighted by atomic mass is 32.1. The first kappa shape index (κ1) is 29.3. The molecule has 2 aliphatic heterocycles. The summed E-state index contributed by atoms with van der Waals surface area (Å²) in [7, 11) is 0. The van der Waals surface area contributed by atoms with Gasteiger partial charge in [-0.3, -0.25) is 14.7 Å². The first-order chi connectivity index (χ1) is 21.0. The van der Waals surface area contributed by atoms with Crippen LogP contribution in [0.2, 0.25) is 0 Å². The quantitative estimate of drug-likeness (QED) is 0.238. The van der Waals surface area contributed by atoms with Crippen molar-refractivity contribution in [1.29, 1.82) is 0 Å². The molecule has 224 valence electrons. The molecule has 4 aromatic rings. The van der Waals surface area contributed by atoms with Crippen molar-refractivity contribution < 1.29 is 9.53 Å². The normalized spacial score (nSPS) is 19.1. The van der Waals surface area contributed by atoms with Gasteiger partial charge < -0.3 is 24.8 Å². The van der Waals surface area contributed by atoms with E-state index in [0.717, 1.165) is 68.0 Å². The molecule has 2 aliphatic rings. The van der Waals surface area contributed by atoms with Crippen LogP contribution in [-0.2, 0) is 16.1 Å². The topological polar surface area (TPSA) is 74.7 Å². The van der Waals surface area contributed by atoms with Crippen LogP contribution in [0.4, 0.5) is 5.69 Å². The van der Waals surface area contributed by atoms with Crippen LogP contribution in [-0.4, -0.2) is 69.8 Å². The second-order valence-corrected chi connectivity index (χ2v) is 11.8. The van der Waals surface area contributed by atoms with Crippen molar-refractivity contribution in [3.05, 3.63) is 95.6 Å². The Bertz CT molecular complexity index is 1580. The molecule has 0 aliphatic carbocycles. The summed E-state index contributed by atoms with van der Waals surface area (Å²) in [5.74, 6) is -0.0345. The molecule has 2 aromatic heterocycles. The number of carbonyl (C=O) groups is 1. The van der Waals surface area contributed by atoms with E-state index in [9.17, 15) is 4.79 Å². The van der Waals surface area contributed by atoms with Crippen LogP contribution in [0, 0.1) is 13.8 Å². The number of nitrogens with zero attached hydrogens (tertiary/aromatic N) is 4. The van der Waals surface area contributed by atoms with E-state index in [2.05, 4.69) is 57.0 Å². The van der Waals surface area contributed by atoms with E-state index in [1.54, 1.807) is 0 Å². The van der Waals surface area contributed by atoms with Gasteiger partial charge in [0.15, 0.2) is 5.11 Å². The number of amides is 1. The standard InChI is InChI=1S/C34H40N6O2S/c1-24-23-28(25(2)39(24)17-8-16-38-19-21-42-22-20-38)33-32(30-12-5-6-15-35-30)37-34(43)40(33)18-14-31(41)36-29-13-7-10-26-9-3-4-11-27(26)29/h3-7,9-13,15,23,32-33H,8,14,16-22H2,1-2H3,(H,36,41)(H,37,43)/t32-,33+/m1/s1. The molecule has 2 saturated heterocycles. The van der Waals surface area contributed by atoms with Gasteiger partial charge >= 0.3 is 0 Å². The number of hydrogen-bond acceptors (Lipinski definition) is 5. The number of morpholine rings is 1. The molecular formula is C34H40N6O2S. The molecule has 2 N–H and O–H groups in total. The average molecular weight is 597 g/mol. The third-order valence-corrected chi connectivity index (χ3v) is 9.08. The van der Waals surface area contributed by atoms with Gasteiger partial charge in [0.25, 0.3) is 0 Å². The Morgan fingerprint density at radius 3 is 2.63 bits per heavy atom. The zero-order valence-electron chi connectivity index (χ0n) is 25.0. The van der Waals surface area contributed by atoms with Crippen molar-refractivity contribution in [2.24, 2.45) is 0 Å². The molecule has 2 atom stereocenters. The molecule has 0 radical (unpaired) electrons. The second kappa shape index (κ2) is 13.2. The fourth-order valence-electron chi connectivity index (χ4n) is 6.50. The Hall–Kier alpha value is -3.79. The zero-order chi connectivity index (χ0) is 29.8. The summed E-state index contributed by atoms with van der Waals surface area (Å²) in [6.45, 7) is 10.6. The van der Waals surface area contributed by atoms with E-state index in [-0.39, 0.29) is 18.0 Å². The summed E-state index contributed by atoms with van der Waals surface area (Å²) >= 11 is 5.90. The number of fused-ring (bicyclic) bond motifs is 1. The smallest absolute Gasteiger partial charge is 0.226 e. The van der Waals surface area contributed by atoms with Crippen molar-refractivity contribution in [3.63, 3.8) is 0 Å². The number of aromatic nitrogens is 2. The molecule has 8 nitrogen and oxygen atoms in total. The zero-order valence-corrected chi connectivity index (χ0v) is 25.8. The molecule has 0 spiro atoms. The second-order valence-electron chi connectivity index (χ2n) is 11.4. The average Bonchev–Trinajstić information content (AvgIpc) is 3.51. The van der Waals surface area contributed by atoms with Gasteiger partial charge in [-0.15, -0.1) is 0 Å². The van der Waals surface area contributed by atoms with Crippen molar-refractivity contribution in [2.45, 2.75) is 45.3 Å². The van der Waals surface area contributed by atoms with Crippen LogP contribution in [0.3, 0.4) is 0 Å². The fourth-order valence-corrected chi connectivity index (χ4v) is 6.83. The van der Waals surface area contributed by atoms with E-state index in [1.165, 1.54) is 17.0 Å². The molecular weight excluding hydrogens is 556 g/mol. The number of ether oxygens (including phenoxy) is 1. The highest BCUT2D eigenvalue weighted by Crippen LogP contribution is 2.41. The maximum atomic E-state index is 13.3. The third kappa shape index (κ3) is 6.44. The fraction of sp³-hybridized carbons (Fsp3) is 0.382. The van der Waals surface area contributed by atoms with Crippen LogP contribution >= 0.6 is 12.2 Å². The summed E-state index contributed by atoms with van der Waals surface area (Å²) in [5, 5.41) is 9.47. The molecule has 4 heterocycles. The predicted molar refractivity (Wildman–Crippen MR) is 175 cm³/mol. The van der Waals surface area contributed by atoms with E-state index < -0.39 is 0 Å². The summed E-state index contributed by atoms with van der Waals surface area (Å²) in [4.78, 5) is 22.6. The lowest BCUT2D eigenvalue weighted by Gasteiger charge is -2.28. The van der Waals surface area contributed by atoms with Gasteiger partial charge in [0.05, 0.1) is 31.0 Å². The van der Waals surface area contributed by atoms with Crippen LogP contribution < -0.4 is 10.6 Å². The van der Waals surface area contributed by atoms with E-state index in [1.807, 2.05) is 54.7 Å². The molecule has 2 fully saturated rings. The van der Waals surface area contributed by atoms with Gasteiger partial charge in [-0.05, 0) is 67.7 Å². The Morgan fingerprint density at radius 1 is 1.02 bits per heavy atom. The number of benzene rings is 2. The number of thiocarbonyl (C=S) groups is 1. The number of anilines is 1. The van der Waals surface area contributed by atoms with Crippen LogP contribution in [0.5, 0.6) is 0 Å². The van der Waals surface area contributed by atoms with Gasteiger partial charge in [-0.1, -0.05) is 42.5 Å². The third-order valence-electron chi connectivity index (χ3n) is 8.73. The highest BCUT2D eigenvalue weighted by Gasteiger charge is 2.41. The molecule has 0 unspecified atom stereocenters. The number of carbonyl (C=O) groups excluding carboxylic acids is 1. The number of hydrogen-bond donors (Lipinski definition) is 2. The summed E-state index contributed by atoms with van der Waals surface area (Å²) < 4.78 is 7.94. The predicted octanol–water partition coefficient (Wildman–Crippen LogP) is 5.38. The van der Waals surface area contributed by atoms with Crippen LogP contribution in [0.15, 0.2) is 72.9 Å². The molecule has 6 rings (SSSR count). The Labute approximate surface area is 259 Å². The summed E-state index contributed by atoms with van der Waals surface area (Å²) in [6.07, 6.45) is 3.22. The number of rotatable bonds is 10. The Balaban J connectivity index is 1.21. The molecule has 9 heteroatoms. The van der Waals surface area contributed by atoms with Gasteiger partial charge in [0.1, 0.15) is 0 Å². The Kier molecular flexibility index (Phi) is 9.02. The molecule has 1 amide bonds. The lowest BCUT2D eigenvalue weighted by molar-refractivity contribution is -0.116. The molecule has 43 heavy (non-hydrogen) atoms. The lowest BCUT2D eigenvalue weighted by Crippen LogP contribution is -2.37. The summed E-state index contributed by atoms with van der Waals surface area (Å²) in [6, 6.07) is 22.2. The largest absolute Gasteiger partial charge is 0.379 e. The lowest BCUT2D eigenvalue weighted by atomic mass is 9.96. The van der Waals surface area contributed by atoms with E-state index in [4.69, 9.17) is 21.9 Å². The molecule has 0 bridgehead atoms. The first-order valence-corrected chi connectivity index (χ1v) is 15.6. The van der Waals surface area contributed by atoms with Crippen LogP contribution in [0.25, 0.3) is 10.8 Å². The van der Waals surface area contributed by atoms with Gasteiger partial charge in [-0.2, -0.15) is 0 Å². The highest BCUT2D eigenvalue weighted by molar-refractivity contribution is 7.80. The van der Waals surface area contributed by atoms with Crippen LogP contribution in [0.1, 0.15) is 47.6 Å². The van der Waals surface area contributed by atoms with E-state index in [0.29, 0.717) is 18.1 Å². The minimum atomic E-state index is -0.114. The number of pyridine rings is 1. The van der Waals surface area contributed by atoms with Gasteiger partial charge in [0, 0.05) is 67.8 Å². The Morgan fingerprint density at radius 2 is 1.81 bits per heavy atom. The SMILES string of the molecule is Cc1cc([C@H]2[C@@H](c3ccccn3)NC(=S)N2CCC(=O)Nc2cccc3ccccc23)c(C)n1CCCN1CCOCC1. The maximum Gasteiger partial charge on any atom is 0.226 e.